The fourth-order valence-electron chi connectivity index (χ4n) is 2.08. The molecule has 1 aliphatic carbocycles. The Hall–Kier alpha value is -0.890. The number of carbonyl (C=O) groups is 1. The van der Waals surface area contributed by atoms with Crippen LogP contribution in [0, 0.1) is 11.7 Å². The van der Waals surface area contributed by atoms with Crippen LogP contribution in [0.4, 0.5) is 4.39 Å². The molecule has 1 fully saturated rings. The molecule has 0 bridgehead atoms. The van der Waals surface area contributed by atoms with Crippen molar-refractivity contribution in [2.45, 2.75) is 25.7 Å². The molecular weight excluding hydrogens is 215 g/mol. The second kappa shape index (κ2) is 4.31. The SMILES string of the molecule is O=C1CCC(Cc2cccc(F)c2Cl)C1. The molecule has 0 heterocycles. The van der Waals surface area contributed by atoms with E-state index in [1.807, 2.05) is 6.07 Å². The zero-order valence-corrected chi connectivity index (χ0v) is 9.06. The Morgan fingerprint density at radius 2 is 2.27 bits per heavy atom. The highest BCUT2D eigenvalue weighted by Crippen LogP contribution is 2.29. The molecule has 2 rings (SSSR count). The van der Waals surface area contributed by atoms with Gasteiger partial charge in [0, 0.05) is 12.8 Å². The lowest BCUT2D eigenvalue weighted by atomic mass is 9.98. The van der Waals surface area contributed by atoms with E-state index in [1.54, 1.807) is 6.07 Å². The van der Waals surface area contributed by atoms with Gasteiger partial charge in [-0.25, -0.2) is 4.39 Å². The van der Waals surface area contributed by atoms with Crippen molar-refractivity contribution in [3.05, 3.63) is 34.6 Å². The van der Waals surface area contributed by atoms with Gasteiger partial charge in [0.15, 0.2) is 0 Å². The molecule has 1 nitrogen and oxygen atoms in total. The van der Waals surface area contributed by atoms with Gasteiger partial charge >= 0.3 is 0 Å². The fraction of sp³-hybridized carbons (Fsp3) is 0.417. The lowest BCUT2D eigenvalue weighted by molar-refractivity contribution is -0.117. The average Bonchev–Trinajstić information content (AvgIpc) is 2.59. The van der Waals surface area contributed by atoms with Gasteiger partial charge in [-0.2, -0.15) is 0 Å². The number of benzene rings is 1. The highest BCUT2D eigenvalue weighted by molar-refractivity contribution is 6.31. The molecular formula is C12H12ClFO. The van der Waals surface area contributed by atoms with E-state index in [-0.39, 0.29) is 10.8 Å². The number of carbonyl (C=O) groups excluding carboxylic acids is 1. The molecule has 0 spiro atoms. The molecule has 3 heteroatoms. The van der Waals surface area contributed by atoms with Crippen LogP contribution in [0.15, 0.2) is 18.2 Å². The minimum absolute atomic E-state index is 0.205. The summed E-state index contributed by atoms with van der Waals surface area (Å²) in [5.41, 5.74) is 0.816. The van der Waals surface area contributed by atoms with Gasteiger partial charge in [0.05, 0.1) is 5.02 Å². The number of Topliss-reactive ketones (excluding diaryl/α,β-unsaturated/α-hetero) is 1. The number of rotatable bonds is 2. The number of halogens is 2. The predicted octanol–water partition coefficient (Wildman–Crippen LogP) is 3.39. The molecule has 1 saturated carbocycles. The number of hydrogen-bond acceptors (Lipinski definition) is 1. The maximum atomic E-state index is 13.1. The first kappa shape index (κ1) is 10.6. The van der Waals surface area contributed by atoms with E-state index in [0.717, 1.165) is 12.0 Å². The van der Waals surface area contributed by atoms with Gasteiger partial charge in [-0.1, -0.05) is 23.7 Å². The summed E-state index contributed by atoms with van der Waals surface area (Å²) < 4.78 is 13.1. The van der Waals surface area contributed by atoms with Crippen molar-refractivity contribution in [2.75, 3.05) is 0 Å². The van der Waals surface area contributed by atoms with Crippen LogP contribution in [0.1, 0.15) is 24.8 Å². The summed E-state index contributed by atoms with van der Waals surface area (Å²) in [5, 5.41) is 0.205. The smallest absolute Gasteiger partial charge is 0.142 e. The second-order valence-corrected chi connectivity index (χ2v) is 4.44. The van der Waals surface area contributed by atoms with Crippen LogP contribution in [-0.4, -0.2) is 5.78 Å². The Balaban J connectivity index is 2.11. The van der Waals surface area contributed by atoms with Crippen LogP contribution in [0.3, 0.4) is 0 Å². The van der Waals surface area contributed by atoms with E-state index >= 15 is 0 Å². The maximum absolute atomic E-state index is 13.1. The zero-order chi connectivity index (χ0) is 10.8. The van der Waals surface area contributed by atoms with Gasteiger partial charge in [-0.15, -0.1) is 0 Å². The predicted molar refractivity (Wildman–Crippen MR) is 57.5 cm³/mol. The molecule has 0 amide bonds. The highest BCUT2D eigenvalue weighted by Gasteiger charge is 2.23. The molecule has 0 radical (unpaired) electrons. The monoisotopic (exact) mass is 226 g/mol. The van der Waals surface area contributed by atoms with Gasteiger partial charge in [0.25, 0.3) is 0 Å². The van der Waals surface area contributed by atoms with Gasteiger partial charge in [0.1, 0.15) is 11.6 Å². The van der Waals surface area contributed by atoms with Gasteiger partial charge in [-0.05, 0) is 30.4 Å². The fourth-order valence-corrected chi connectivity index (χ4v) is 2.29. The van der Waals surface area contributed by atoms with Crippen LogP contribution in [0.5, 0.6) is 0 Å². The lowest BCUT2D eigenvalue weighted by Gasteiger charge is -2.09. The summed E-state index contributed by atoms with van der Waals surface area (Å²) in [4.78, 5) is 11.1. The van der Waals surface area contributed by atoms with E-state index < -0.39 is 0 Å². The van der Waals surface area contributed by atoms with Gasteiger partial charge in [-0.3, -0.25) is 4.79 Å². The minimum Gasteiger partial charge on any atom is -0.300 e. The molecule has 0 saturated heterocycles. The largest absolute Gasteiger partial charge is 0.300 e. The second-order valence-electron chi connectivity index (χ2n) is 4.06. The first-order valence-electron chi connectivity index (χ1n) is 5.11. The Morgan fingerprint density at radius 3 is 2.93 bits per heavy atom. The molecule has 80 valence electrons. The van der Waals surface area contributed by atoms with Crippen LogP contribution in [0.2, 0.25) is 5.02 Å². The summed E-state index contributed by atoms with van der Waals surface area (Å²) in [5.74, 6) is 0.280. The topological polar surface area (TPSA) is 17.1 Å². The van der Waals surface area contributed by atoms with E-state index in [4.69, 9.17) is 11.6 Å². The van der Waals surface area contributed by atoms with Crippen molar-refractivity contribution >= 4 is 17.4 Å². The molecule has 0 aromatic heterocycles. The summed E-state index contributed by atoms with van der Waals surface area (Å²) in [6.07, 6.45) is 2.90. The van der Waals surface area contributed by atoms with Crippen LogP contribution in [-0.2, 0) is 11.2 Å². The number of hydrogen-bond donors (Lipinski definition) is 0. The van der Waals surface area contributed by atoms with Crippen molar-refractivity contribution in [1.82, 2.24) is 0 Å². The Kier molecular flexibility index (Phi) is 3.06. The maximum Gasteiger partial charge on any atom is 0.142 e. The third kappa shape index (κ3) is 2.37. The molecule has 15 heavy (non-hydrogen) atoms. The molecule has 0 aliphatic heterocycles. The zero-order valence-electron chi connectivity index (χ0n) is 8.30. The molecule has 1 atom stereocenters. The average molecular weight is 227 g/mol. The van der Waals surface area contributed by atoms with Crippen molar-refractivity contribution < 1.29 is 9.18 Å². The van der Waals surface area contributed by atoms with Crippen molar-refractivity contribution in [2.24, 2.45) is 5.92 Å². The first-order chi connectivity index (χ1) is 7.16. The Labute approximate surface area is 93.2 Å². The van der Waals surface area contributed by atoms with Crippen molar-refractivity contribution in [3.8, 4) is 0 Å². The van der Waals surface area contributed by atoms with E-state index in [1.165, 1.54) is 6.07 Å². The van der Waals surface area contributed by atoms with Crippen LogP contribution >= 0.6 is 11.6 Å². The lowest BCUT2D eigenvalue weighted by Crippen LogP contribution is -2.01. The first-order valence-corrected chi connectivity index (χ1v) is 5.49. The minimum atomic E-state index is -0.376. The Bertz CT molecular complexity index is 389. The third-order valence-corrected chi connectivity index (χ3v) is 3.31. The van der Waals surface area contributed by atoms with E-state index in [2.05, 4.69) is 0 Å². The van der Waals surface area contributed by atoms with Crippen molar-refractivity contribution in [1.29, 1.82) is 0 Å². The highest BCUT2D eigenvalue weighted by atomic mass is 35.5. The quantitative estimate of drug-likeness (QED) is 0.756. The van der Waals surface area contributed by atoms with E-state index in [0.29, 0.717) is 31.0 Å². The van der Waals surface area contributed by atoms with Gasteiger partial charge < -0.3 is 0 Å². The molecule has 1 unspecified atom stereocenters. The molecule has 1 aliphatic rings. The van der Waals surface area contributed by atoms with Crippen molar-refractivity contribution in [3.63, 3.8) is 0 Å². The third-order valence-electron chi connectivity index (χ3n) is 2.89. The summed E-state index contributed by atoms with van der Waals surface area (Å²) >= 11 is 5.85. The number of ketones is 1. The Morgan fingerprint density at radius 1 is 1.47 bits per heavy atom. The summed E-state index contributed by atoms with van der Waals surface area (Å²) in [6.45, 7) is 0. The molecule has 0 N–H and O–H groups in total. The van der Waals surface area contributed by atoms with Crippen LogP contribution < -0.4 is 0 Å². The summed E-state index contributed by atoms with van der Waals surface area (Å²) in [6, 6.07) is 4.84. The summed E-state index contributed by atoms with van der Waals surface area (Å²) in [7, 11) is 0. The van der Waals surface area contributed by atoms with Crippen LogP contribution in [0.25, 0.3) is 0 Å². The molecule has 1 aromatic rings. The van der Waals surface area contributed by atoms with E-state index in [9.17, 15) is 9.18 Å². The molecule has 1 aromatic carbocycles. The standard InChI is InChI=1S/C12H12ClFO/c13-12-9(2-1-3-11(12)14)6-8-4-5-10(15)7-8/h1-3,8H,4-7H2. The van der Waals surface area contributed by atoms with Gasteiger partial charge in [0.2, 0.25) is 0 Å². The normalized spacial score (nSPS) is 20.9.